The quantitative estimate of drug-likeness (QED) is 0.729. The van der Waals surface area contributed by atoms with Crippen molar-refractivity contribution in [1.29, 1.82) is 0 Å². The standard InChI is InChI=1S/C9H19NO2S/c1-3-13(11,12)9-5-4-8(10)6-7(9)2/h7-9H,3-6,10H2,1-2H3. The Labute approximate surface area is 80.6 Å². The van der Waals surface area contributed by atoms with Crippen LogP contribution >= 0.6 is 0 Å². The lowest BCUT2D eigenvalue weighted by molar-refractivity contribution is 0.343. The van der Waals surface area contributed by atoms with Gasteiger partial charge < -0.3 is 5.73 Å². The third-order valence-corrected chi connectivity index (χ3v) is 5.42. The van der Waals surface area contributed by atoms with Crippen LogP contribution < -0.4 is 5.73 Å². The van der Waals surface area contributed by atoms with E-state index < -0.39 is 9.84 Å². The molecule has 1 fully saturated rings. The Hall–Kier alpha value is -0.0900. The maximum absolute atomic E-state index is 11.6. The first kappa shape index (κ1) is 11.0. The highest BCUT2D eigenvalue weighted by Crippen LogP contribution is 2.28. The second-order valence-corrected chi connectivity index (χ2v) is 6.55. The third kappa shape index (κ3) is 2.44. The van der Waals surface area contributed by atoms with Gasteiger partial charge in [-0.1, -0.05) is 13.8 Å². The molecule has 0 aromatic rings. The summed E-state index contributed by atoms with van der Waals surface area (Å²) < 4.78 is 23.3. The fourth-order valence-corrected chi connectivity index (χ4v) is 3.90. The van der Waals surface area contributed by atoms with E-state index in [4.69, 9.17) is 5.73 Å². The molecule has 0 aromatic carbocycles. The van der Waals surface area contributed by atoms with Crippen LogP contribution in [0.15, 0.2) is 0 Å². The minimum absolute atomic E-state index is 0.141. The average Bonchev–Trinajstić information content (AvgIpc) is 2.03. The fraction of sp³-hybridized carbons (Fsp3) is 1.00. The number of hydrogen-bond acceptors (Lipinski definition) is 3. The molecule has 4 heteroatoms. The second kappa shape index (κ2) is 3.96. The van der Waals surface area contributed by atoms with Crippen LogP contribution in [-0.2, 0) is 9.84 Å². The van der Waals surface area contributed by atoms with E-state index in [0.29, 0.717) is 0 Å². The minimum Gasteiger partial charge on any atom is -0.328 e. The van der Waals surface area contributed by atoms with E-state index in [-0.39, 0.29) is 23.0 Å². The van der Waals surface area contributed by atoms with Gasteiger partial charge in [-0.3, -0.25) is 0 Å². The fourth-order valence-electron chi connectivity index (χ4n) is 2.16. The maximum Gasteiger partial charge on any atom is 0.153 e. The van der Waals surface area contributed by atoms with Crippen molar-refractivity contribution >= 4 is 9.84 Å². The summed E-state index contributed by atoms with van der Waals surface area (Å²) in [7, 11) is -2.85. The number of sulfone groups is 1. The van der Waals surface area contributed by atoms with Gasteiger partial charge in [0.1, 0.15) is 0 Å². The van der Waals surface area contributed by atoms with Gasteiger partial charge in [-0.25, -0.2) is 8.42 Å². The molecule has 0 radical (unpaired) electrons. The third-order valence-electron chi connectivity index (χ3n) is 2.99. The van der Waals surface area contributed by atoms with Gasteiger partial charge >= 0.3 is 0 Å². The van der Waals surface area contributed by atoms with Gasteiger partial charge in [-0.15, -0.1) is 0 Å². The van der Waals surface area contributed by atoms with Gasteiger partial charge in [-0.2, -0.15) is 0 Å². The van der Waals surface area contributed by atoms with Crippen molar-refractivity contribution in [2.45, 2.75) is 44.4 Å². The summed E-state index contributed by atoms with van der Waals surface area (Å²) >= 11 is 0. The lowest BCUT2D eigenvalue weighted by Crippen LogP contribution is -2.39. The van der Waals surface area contributed by atoms with Crippen LogP contribution in [0, 0.1) is 5.92 Å². The van der Waals surface area contributed by atoms with Gasteiger partial charge in [-0.05, 0) is 25.2 Å². The molecule has 0 bridgehead atoms. The Balaban J connectivity index is 2.72. The Bertz CT molecular complexity index is 261. The highest BCUT2D eigenvalue weighted by molar-refractivity contribution is 7.92. The second-order valence-electron chi connectivity index (χ2n) is 4.04. The van der Waals surface area contributed by atoms with Gasteiger partial charge in [0, 0.05) is 11.8 Å². The highest BCUT2D eigenvalue weighted by Gasteiger charge is 2.33. The molecule has 0 aliphatic heterocycles. The molecular formula is C9H19NO2S. The van der Waals surface area contributed by atoms with Gasteiger partial charge in [0.15, 0.2) is 9.84 Å². The number of nitrogens with two attached hydrogens (primary N) is 1. The molecule has 13 heavy (non-hydrogen) atoms. The molecule has 2 N–H and O–H groups in total. The molecule has 1 rings (SSSR count). The molecule has 3 unspecified atom stereocenters. The SMILES string of the molecule is CCS(=O)(=O)C1CCC(N)CC1C. The lowest BCUT2D eigenvalue weighted by atomic mass is 9.87. The zero-order valence-corrected chi connectivity index (χ0v) is 9.18. The lowest BCUT2D eigenvalue weighted by Gasteiger charge is -2.31. The van der Waals surface area contributed by atoms with E-state index in [1.807, 2.05) is 6.92 Å². The summed E-state index contributed by atoms with van der Waals surface area (Å²) in [5.74, 6) is 0.491. The van der Waals surface area contributed by atoms with Crippen LogP contribution in [0.25, 0.3) is 0 Å². The van der Waals surface area contributed by atoms with Crippen LogP contribution in [0.5, 0.6) is 0 Å². The van der Waals surface area contributed by atoms with Crippen molar-refractivity contribution in [3.05, 3.63) is 0 Å². The van der Waals surface area contributed by atoms with Crippen molar-refractivity contribution in [2.75, 3.05) is 5.75 Å². The molecule has 3 nitrogen and oxygen atoms in total. The normalized spacial score (nSPS) is 36.1. The van der Waals surface area contributed by atoms with Crippen LogP contribution in [0.1, 0.15) is 33.1 Å². The van der Waals surface area contributed by atoms with Crippen molar-refractivity contribution < 1.29 is 8.42 Å². The Morgan fingerprint density at radius 2 is 2.00 bits per heavy atom. The van der Waals surface area contributed by atoms with E-state index in [2.05, 4.69) is 0 Å². The predicted molar refractivity (Wildman–Crippen MR) is 54.2 cm³/mol. The smallest absolute Gasteiger partial charge is 0.153 e. The maximum atomic E-state index is 11.6. The molecule has 1 aliphatic carbocycles. The van der Waals surface area contributed by atoms with Crippen molar-refractivity contribution in [2.24, 2.45) is 11.7 Å². The topological polar surface area (TPSA) is 60.2 Å². The van der Waals surface area contributed by atoms with Crippen LogP contribution in [0.3, 0.4) is 0 Å². The summed E-state index contributed by atoms with van der Waals surface area (Å²) in [6, 6.07) is 0.207. The van der Waals surface area contributed by atoms with E-state index in [1.54, 1.807) is 6.92 Å². The van der Waals surface area contributed by atoms with E-state index in [1.165, 1.54) is 0 Å². The first-order chi connectivity index (χ1) is 5.97. The van der Waals surface area contributed by atoms with Gasteiger partial charge in [0.05, 0.1) is 5.25 Å². The molecule has 0 aromatic heterocycles. The summed E-state index contributed by atoms with van der Waals surface area (Å²) in [4.78, 5) is 0. The summed E-state index contributed by atoms with van der Waals surface area (Å²) in [6.45, 7) is 3.72. The zero-order chi connectivity index (χ0) is 10.1. The minimum atomic E-state index is -2.85. The van der Waals surface area contributed by atoms with E-state index in [0.717, 1.165) is 19.3 Å². The Morgan fingerprint density at radius 3 is 2.46 bits per heavy atom. The van der Waals surface area contributed by atoms with Crippen molar-refractivity contribution in [3.8, 4) is 0 Å². The summed E-state index contributed by atoms with van der Waals surface area (Å²) in [6.07, 6.45) is 2.46. The zero-order valence-electron chi connectivity index (χ0n) is 8.36. The molecule has 0 heterocycles. The van der Waals surface area contributed by atoms with Crippen molar-refractivity contribution in [3.63, 3.8) is 0 Å². The molecular weight excluding hydrogens is 186 g/mol. The molecule has 0 saturated heterocycles. The summed E-state index contributed by atoms with van der Waals surface area (Å²) in [5.41, 5.74) is 5.78. The van der Waals surface area contributed by atoms with Crippen LogP contribution in [0.2, 0.25) is 0 Å². The van der Waals surface area contributed by atoms with Crippen LogP contribution in [-0.4, -0.2) is 25.5 Å². The predicted octanol–water partition coefficient (Wildman–Crippen LogP) is 0.937. The molecule has 1 saturated carbocycles. The monoisotopic (exact) mass is 205 g/mol. The average molecular weight is 205 g/mol. The van der Waals surface area contributed by atoms with Gasteiger partial charge in [0.25, 0.3) is 0 Å². The molecule has 0 spiro atoms. The van der Waals surface area contributed by atoms with E-state index >= 15 is 0 Å². The van der Waals surface area contributed by atoms with E-state index in [9.17, 15) is 8.42 Å². The Morgan fingerprint density at radius 1 is 1.38 bits per heavy atom. The largest absolute Gasteiger partial charge is 0.328 e. The molecule has 78 valence electrons. The molecule has 3 atom stereocenters. The summed E-state index contributed by atoms with van der Waals surface area (Å²) in [5, 5.41) is -0.141. The molecule has 0 amide bonds. The Kier molecular flexibility index (Phi) is 3.35. The number of rotatable bonds is 2. The van der Waals surface area contributed by atoms with Gasteiger partial charge in [0.2, 0.25) is 0 Å². The first-order valence-electron chi connectivity index (χ1n) is 4.94. The molecule has 1 aliphatic rings. The number of hydrogen-bond donors (Lipinski definition) is 1. The highest BCUT2D eigenvalue weighted by atomic mass is 32.2. The van der Waals surface area contributed by atoms with Crippen LogP contribution in [0.4, 0.5) is 0 Å². The van der Waals surface area contributed by atoms with Crippen molar-refractivity contribution in [1.82, 2.24) is 0 Å². The first-order valence-corrected chi connectivity index (χ1v) is 6.66.